The first-order chi connectivity index (χ1) is 9.81. The molecular weight excluding hydrogens is 289 g/mol. The number of aryl methyl sites for hydroxylation is 2. The van der Waals surface area contributed by atoms with Crippen molar-refractivity contribution in [3.63, 3.8) is 0 Å². The molecule has 0 unspecified atom stereocenters. The Bertz CT molecular complexity index is 780. The first-order valence-corrected chi connectivity index (χ1v) is 6.91. The zero-order chi connectivity index (χ0) is 15.7. The first kappa shape index (κ1) is 15.4. The van der Waals surface area contributed by atoms with Crippen LogP contribution in [-0.2, 0) is 0 Å². The Morgan fingerprint density at radius 1 is 1.33 bits per heavy atom. The van der Waals surface area contributed by atoms with Crippen LogP contribution in [0.4, 0.5) is 4.39 Å². The molecule has 0 saturated carbocycles. The minimum absolute atomic E-state index is 0.0719. The fourth-order valence-corrected chi connectivity index (χ4v) is 2.39. The Labute approximate surface area is 128 Å². The van der Waals surface area contributed by atoms with Crippen LogP contribution in [0.25, 0.3) is 16.6 Å². The fourth-order valence-electron chi connectivity index (χ4n) is 2.25. The van der Waals surface area contributed by atoms with Crippen LogP contribution < -0.4 is 0 Å². The summed E-state index contributed by atoms with van der Waals surface area (Å²) in [6.07, 6.45) is 0. The third kappa shape index (κ3) is 3.05. The Balaban J connectivity index is 2.51. The molecule has 110 valence electrons. The summed E-state index contributed by atoms with van der Waals surface area (Å²) in [4.78, 5) is 4.17. The van der Waals surface area contributed by atoms with Gasteiger partial charge in [0.15, 0.2) is 5.83 Å². The van der Waals surface area contributed by atoms with Crippen molar-refractivity contribution in [1.82, 2.24) is 10.2 Å². The van der Waals surface area contributed by atoms with Crippen LogP contribution >= 0.6 is 11.6 Å². The molecule has 1 aromatic heterocycles. The minimum Gasteiger partial charge on any atom is -0.277 e. The molecule has 0 saturated heterocycles. The largest absolute Gasteiger partial charge is 0.277 e. The van der Waals surface area contributed by atoms with Gasteiger partial charge < -0.3 is 0 Å². The topological polar surface area (TPSA) is 41.0 Å². The Morgan fingerprint density at radius 3 is 2.62 bits per heavy atom. The van der Waals surface area contributed by atoms with E-state index in [1.807, 2.05) is 19.9 Å². The second-order valence-electron chi connectivity index (χ2n) is 5.07. The Kier molecular flexibility index (Phi) is 4.28. The number of benzene rings is 1. The molecule has 3 nitrogen and oxygen atoms in total. The molecule has 0 aliphatic carbocycles. The molecule has 2 rings (SSSR count). The zero-order valence-corrected chi connectivity index (χ0v) is 13.3. The molecule has 0 amide bonds. The summed E-state index contributed by atoms with van der Waals surface area (Å²) in [6.45, 7) is 10.9. The van der Waals surface area contributed by atoms with Gasteiger partial charge in [-0.05, 0) is 39.3 Å². The number of nitrogens with zero attached hydrogens (tertiary/aromatic N) is 2. The van der Waals surface area contributed by atoms with Crippen molar-refractivity contribution in [1.29, 1.82) is 0 Å². The van der Waals surface area contributed by atoms with Crippen LogP contribution in [0.3, 0.4) is 0 Å². The lowest BCUT2D eigenvalue weighted by Gasteiger charge is -2.02. The fraction of sp³-hybridized carbons (Fsp3) is 0.250. The third-order valence-electron chi connectivity index (χ3n) is 3.21. The normalized spacial score (nSPS) is 13.5. The van der Waals surface area contributed by atoms with Gasteiger partial charge in [-0.1, -0.05) is 29.8 Å². The van der Waals surface area contributed by atoms with Crippen LogP contribution in [0.5, 0.6) is 0 Å². The van der Waals surface area contributed by atoms with Crippen molar-refractivity contribution in [3.05, 3.63) is 46.4 Å². The zero-order valence-electron chi connectivity index (χ0n) is 12.5. The quantitative estimate of drug-likeness (QED) is 0.792. The number of nitrogens with one attached hydrogen (secondary N) is 1. The maximum Gasteiger partial charge on any atom is 0.158 e. The average Bonchev–Trinajstić information content (AvgIpc) is 2.81. The van der Waals surface area contributed by atoms with E-state index in [1.165, 1.54) is 6.92 Å². The molecule has 0 bridgehead atoms. The Morgan fingerprint density at radius 2 is 2.00 bits per heavy atom. The number of fused-ring (bicyclic) bond motifs is 1. The van der Waals surface area contributed by atoms with Crippen molar-refractivity contribution in [3.8, 4) is 0 Å². The molecule has 0 spiro atoms. The molecule has 21 heavy (non-hydrogen) atoms. The summed E-state index contributed by atoms with van der Waals surface area (Å²) in [5.41, 5.74) is 4.37. The van der Waals surface area contributed by atoms with E-state index in [0.717, 1.165) is 22.0 Å². The molecule has 0 fully saturated rings. The highest BCUT2D eigenvalue weighted by molar-refractivity contribution is 6.31. The number of aliphatic imine (C=N–C) groups is 1. The third-order valence-corrected chi connectivity index (χ3v) is 3.38. The van der Waals surface area contributed by atoms with Gasteiger partial charge in [-0.2, -0.15) is 5.10 Å². The maximum absolute atomic E-state index is 13.7. The molecule has 0 radical (unpaired) electrons. The van der Waals surface area contributed by atoms with E-state index in [1.54, 1.807) is 6.92 Å². The number of aromatic nitrogens is 2. The Hall–Kier alpha value is -1.94. The lowest BCUT2D eigenvalue weighted by atomic mass is 10.1. The van der Waals surface area contributed by atoms with Crippen molar-refractivity contribution in [2.45, 2.75) is 27.7 Å². The second kappa shape index (κ2) is 5.82. The van der Waals surface area contributed by atoms with E-state index >= 15 is 0 Å². The van der Waals surface area contributed by atoms with Gasteiger partial charge in [0.25, 0.3) is 0 Å². The van der Waals surface area contributed by atoms with Gasteiger partial charge in [-0.15, -0.1) is 0 Å². The lowest BCUT2D eigenvalue weighted by Crippen LogP contribution is -1.95. The van der Waals surface area contributed by atoms with Gasteiger partial charge in [0.1, 0.15) is 5.69 Å². The van der Waals surface area contributed by atoms with Crippen molar-refractivity contribution in [2.75, 3.05) is 0 Å². The first-order valence-electron chi connectivity index (χ1n) is 6.53. The summed E-state index contributed by atoms with van der Waals surface area (Å²) in [5, 5.41) is 8.23. The highest BCUT2D eigenvalue weighted by Gasteiger charge is 2.12. The molecule has 2 aromatic rings. The number of halogens is 2. The van der Waals surface area contributed by atoms with Crippen LogP contribution in [0.2, 0.25) is 0 Å². The van der Waals surface area contributed by atoms with Crippen LogP contribution in [0.1, 0.15) is 30.7 Å². The monoisotopic (exact) mass is 305 g/mol. The number of allylic oxidation sites excluding steroid dienone is 2. The molecule has 0 aliphatic rings. The van der Waals surface area contributed by atoms with Gasteiger partial charge in [-0.25, -0.2) is 9.38 Å². The molecule has 1 N–H and O–H groups in total. The van der Waals surface area contributed by atoms with Crippen molar-refractivity contribution in [2.24, 2.45) is 4.99 Å². The lowest BCUT2D eigenvalue weighted by molar-refractivity contribution is 0.675. The number of rotatable bonds is 3. The van der Waals surface area contributed by atoms with Gasteiger partial charge in [0, 0.05) is 5.39 Å². The predicted octanol–water partition coefficient (Wildman–Crippen LogP) is 5.05. The maximum atomic E-state index is 13.7. The predicted molar refractivity (Wildman–Crippen MR) is 87.4 cm³/mol. The van der Waals surface area contributed by atoms with Crippen molar-refractivity contribution >= 4 is 33.9 Å². The summed E-state index contributed by atoms with van der Waals surface area (Å²) < 4.78 is 13.7. The number of aromatic amines is 1. The van der Waals surface area contributed by atoms with E-state index in [2.05, 4.69) is 27.8 Å². The van der Waals surface area contributed by atoms with Crippen LogP contribution in [-0.4, -0.2) is 15.9 Å². The van der Waals surface area contributed by atoms with Crippen LogP contribution in [0, 0.1) is 13.8 Å². The van der Waals surface area contributed by atoms with Gasteiger partial charge in [0.2, 0.25) is 0 Å². The summed E-state index contributed by atoms with van der Waals surface area (Å²) in [7, 11) is 0. The smallest absolute Gasteiger partial charge is 0.158 e. The van der Waals surface area contributed by atoms with Gasteiger partial charge in [0.05, 0.1) is 22.0 Å². The SMILES string of the molecule is C=C(/N=C(C)\C(F)=C(/C)Cl)c1n[nH]c2c(C)cc(C)cc12. The summed E-state index contributed by atoms with van der Waals surface area (Å²) in [5.74, 6) is -0.537. The molecule has 1 aromatic carbocycles. The number of hydrogen-bond donors (Lipinski definition) is 1. The van der Waals surface area contributed by atoms with Gasteiger partial charge >= 0.3 is 0 Å². The molecule has 0 aliphatic heterocycles. The summed E-state index contributed by atoms with van der Waals surface area (Å²) >= 11 is 5.64. The standard InChI is InChI=1S/C16H17ClFN3/c1-8-6-9(2)15-13(7-8)16(21-20-15)12(5)19-11(4)14(18)10(3)17/h6-7H,5H2,1-4H3,(H,20,21)/b14-10-,19-11-. The summed E-state index contributed by atoms with van der Waals surface area (Å²) in [6, 6.07) is 4.08. The highest BCUT2D eigenvalue weighted by Crippen LogP contribution is 2.26. The second-order valence-corrected chi connectivity index (χ2v) is 5.63. The van der Waals surface area contributed by atoms with E-state index in [4.69, 9.17) is 11.6 Å². The number of H-pyrrole nitrogens is 1. The molecule has 5 heteroatoms. The van der Waals surface area contributed by atoms with Crippen LogP contribution in [0.15, 0.2) is 34.6 Å². The van der Waals surface area contributed by atoms with E-state index in [9.17, 15) is 4.39 Å². The van der Waals surface area contributed by atoms with E-state index in [0.29, 0.717) is 11.4 Å². The molecule has 0 atom stereocenters. The van der Waals surface area contributed by atoms with E-state index < -0.39 is 5.83 Å². The molecular formula is C16H17ClFN3. The van der Waals surface area contributed by atoms with E-state index in [-0.39, 0.29) is 10.7 Å². The average molecular weight is 306 g/mol. The van der Waals surface area contributed by atoms with Crippen molar-refractivity contribution < 1.29 is 4.39 Å². The minimum atomic E-state index is -0.537. The molecule has 1 heterocycles. The highest BCUT2D eigenvalue weighted by atomic mass is 35.5. The van der Waals surface area contributed by atoms with Gasteiger partial charge in [-0.3, -0.25) is 5.10 Å². The number of hydrogen-bond acceptors (Lipinski definition) is 2.